The molecule has 0 saturated heterocycles. The fraction of sp³-hybridized carbons (Fsp3) is 0.556. The second-order valence-corrected chi connectivity index (χ2v) is 2.54. The van der Waals surface area contributed by atoms with E-state index in [4.69, 9.17) is 0 Å². The van der Waals surface area contributed by atoms with Gasteiger partial charge in [-0.05, 0) is 18.8 Å². The standard InChI is InChI=1S/C9H16/c1-4-5-6-7-8-9(2)3/h4,7-9H,1,5-6H2,2-3H3/b8-7+. The fourth-order valence-electron chi connectivity index (χ4n) is 0.582. The van der Waals surface area contributed by atoms with Crippen molar-refractivity contribution in [1.82, 2.24) is 0 Å². The Bertz CT molecular complexity index is 88.2. The number of hydrogen-bond acceptors (Lipinski definition) is 0. The van der Waals surface area contributed by atoms with Crippen molar-refractivity contribution in [3.8, 4) is 0 Å². The first kappa shape index (κ1) is 8.48. The first-order valence-electron chi connectivity index (χ1n) is 3.55. The highest BCUT2D eigenvalue weighted by atomic mass is 13.9. The predicted molar refractivity (Wildman–Crippen MR) is 43.4 cm³/mol. The molecule has 0 heteroatoms. The van der Waals surface area contributed by atoms with Gasteiger partial charge in [0.05, 0.1) is 0 Å². The third-order valence-corrected chi connectivity index (χ3v) is 1.06. The highest BCUT2D eigenvalue weighted by Crippen LogP contribution is 1.97. The summed E-state index contributed by atoms with van der Waals surface area (Å²) >= 11 is 0. The quantitative estimate of drug-likeness (QED) is 0.399. The summed E-state index contributed by atoms with van der Waals surface area (Å²) in [7, 11) is 0. The van der Waals surface area contributed by atoms with Gasteiger partial charge in [0.2, 0.25) is 0 Å². The van der Waals surface area contributed by atoms with Crippen molar-refractivity contribution in [2.24, 2.45) is 5.92 Å². The van der Waals surface area contributed by atoms with Crippen LogP contribution >= 0.6 is 0 Å². The summed E-state index contributed by atoms with van der Waals surface area (Å²) < 4.78 is 0. The zero-order valence-electron chi connectivity index (χ0n) is 6.43. The van der Waals surface area contributed by atoms with Gasteiger partial charge in [0.25, 0.3) is 0 Å². The van der Waals surface area contributed by atoms with Gasteiger partial charge in [-0.25, -0.2) is 0 Å². The molecule has 0 aliphatic rings. The van der Waals surface area contributed by atoms with Crippen LogP contribution in [0.25, 0.3) is 0 Å². The van der Waals surface area contributed by atoms with Crippen LogP contribution in [0, 0.1) is 5.92 Å². The largest absolute Gasteiger partial charge is 0.103 e. The molecular weight excluding hydrogens is 108 g/mol. The Morgan fingerprint density at radius 1 is 1.33 bits per heavy atom. The normalized spacial score (nSPS) is 11.0. The van der Waals surface area contributed by atoms with Crippen LogP contribution in [0.2, 0.25) is 0 Å². The maximum atomic E-state index is 3.64. The summed E-state index contributed by atoms with van der Waals surface area (Å²) in [4.78, 5) is 0. The summed E-state index contributed by atoms with van der Waals surface area (Å²) in [6, 6.07) is 0. The van der Waals surface area contributed by atoms with Crippen LogP contribution < -0.4 is 0 Å². The third-order valence-electron chi connectivity index (χ3n) is 1.06. The van der Waals surface area contributed by atoms with Crippen LogP contribution in [0.15, 0.2) is 24.8 Å². The molecule has 0 fully saturated rings. The van der Waals surface area contributed by atoms with Crippen molar-refractivity contribution < 1.29 is 0 Å². The van der Waals surface area contributed by atoms with E-state index < -0.39 is 0 Å². The van der Waals surface area contributed by atoms with Crippen molar-refractivity contribution >= 4 is 0 Å². The van der Waals surface area contributed by atoms with Gasteiger partial charge < -0.3 is 0 Å². The van der Waals surface area contributed by atoms with E-state index in [-0.39, 0.29) is 0 Å². The van der Waals surface area contributed by atoms with Crippen molar-refractivity contribution in [1.29, 1.82) is 0 Å². The van der Waals surface area contributed by atoms with E-state index in [1.807, 2.05) is 6.08 Å². The Hall–Kier alpha value is -0.520. The summed E-state index contributed by atoms with van der Waals surface area (Å²) in [6.07, 6.45) is 8.63. The van der Waals surface area contributed by atoms with Crippen LogP contribution in [-0.2, 0) is 0 Å². The molecule has 0 aromatic rings. The molecule has 0 aromatic heterocycles. The SMILES string of the molecule is C=CCC/C=C/C(C)C. The Labute approximate surface area is 58.3 Å². The Kier molecular flexibility index (Phi) is 5.29. The molecule has 0 radical (unpaired) electrons. The van der Waals surface area contributed by atoms with Crippen molar-refractivity contribution in [3.63, 3.8) is 0 Å². The number of rotatable bonds is 4. The minimum Gasteiger partial charge on any atom is -0.103 e. The second-order valence-electron chi connectivity index (χ2n) is 2.54. The van der Waals surface area contributed by atoms with E-state index in [1.54, 1.807) is 0 Å². The lowest BCUT2D eigenvalue weighted by Gasteiger charge is -1.91. The zero-order chi connectivity index (χ0) is 7.11. The fourth-order valence-corrected chi connectivity index (χ4v) is 0.582. The van der Waals surface area contributed by atoms with E-state index in [0.717, 1.165) is 12.8 Å². The van der Waals surface area contributed by atoms with Gasteiger partial charge >= 0.3 is 0 Å². The number of hydrogen-bond donors (Lipinski definition) is 0. The molecule has 0 N–H and O–H groups in total. The molecule has 9 heavy (non-hydrogen) atoms. The van der Waals surface area contributed by atoms with Crippen molar-refractivity contribution in [3.05, 3.63) is 24.8 Å². The summed E-state index contributed by atoms with van der Waals surface area (Å²) in [5.74, 6) is 0.690. The highest BCUT2D eigenvalue weighted by Gasteiger charge is 1.80. The Balaban J connectivity index is 3.14. The Morgan fingerprint density at radius 2 is 2.00 bits per heavy atom. The lowest BCUT2D eigenvalue weighted by molar-refractivity contribution is 0.823. The zero-order valence-corrected chi connectivity index (χ0v) is 6.43. The smallest absolute Gasteiger partial charge is 0.0290 e. The van der Waals surface area contributed by atoms with E-state index in [0.29, 0.717) is 5.92 Å². The van der Waals surface area contributed by atoms with Gasteiger partial charge in [-0.3, -0.25) is 0 Å². The second kappa shape index (κ2) is 5.61. The number of allylic oxidation sites excluding steroid dienone is 3. The van der Waals surface area contributed by atoms with Crippen LogP contribution in [-0.4, -0.2) is 0 Å². The molecule has 0 atom stereocenters. The van der Waals surface area contributed by atoms with Crippen LogP contribution in [0.1, 0.15) is 26.7 Å². The Morgan fingerprint density at radius 3 is 2.44 bits per heavy atom. The van der Waals surface area contributed by atoms with Gasteiger partial charge in [-0.1, -0.05) is 32.1 Å². The molecule has 0 aromatic carbocycles. The first-order chi connectivity index (χ1) is 4.27. The van der Waals surface area contributed by atoms with Gasteiger partial charge in [0.15, 0.2) is 0 Å². The van der Waals surface area contributed by atoms with Gasteiger partial charge in [-0.15, -0.1) is 6.58 Å². The predicted octanol–water partition coefficient (Wildman–Crippen LogP) is 3.16. The van der Waals surface area contributed by atoms with Gasteiger partial charge in [0.1, 0.15) is 0 Å². The van der Waals surface area contributed by atoms with Gasteiger partial charge in [-0.2, -0.15) is 0 Å². The number of unbranched alkanes of at least 4 members (excludes halogenated alkanes) is 1. The minimum absolute atomic E-state index is 0.690. The molecule has 0 rings (SSSR count). The third kappa shape index (κ3) is 7.48. The molecule has 52 valence electrons. The molecule has 0 saturated carbocycles. The van der Waals surface area contributed by atoms with E-state index >= 15 is 0 Å². The lowest BCUT2D eigenvalue weighted by Crippen LogP contribution is -1.75. The average Bonchev–Trinajstić information content (AvgIpc) is 1.80. The molecule has 0 aliphatic carbocycles. The molecule has 0 amide bonds. The first-order valence-corrected chi connectivity index (χ1v) is 3.55. The maximum absolute atomic E-state index is 3.64. The molecule has 0 bridgehead atoms. The van der Waals surface area contributed by atoms with Crippen LogP contribution in [0.5, 0.6) is 0 Å². The van der Waals surface area contributed by atoms with Crippen LogP contribution in [0.3, 0.4) is 0 Å². The lowest BCUT2D eigenvalue weighted by atomic mass is 10.2. The molecule has 0 unspecified atom stereocenters. The van der Waals surface area contributed by atoms with Crippen molar-refractivity contribution in [2.45, 2.75) is 26.7 Å². The van der Waals surface area contributed by atoms with Crippen molar-refractivity contribution in [2.75, 3.05) is 0 Å². The summed E-state index contributed by atoms with van der Waals surface area (Å²) in [5.41, 5.74) is 0. The van der Waals surface area contributed by atoms with Gasteiger partial charge in [0, 0.05) is 0 Å². The topological polar surface area (TPSA) is 0 Å². The molecule has 0 nitrogen and oxygen atoms in total. The molecule has 0 aliphatic heterocycles. The minimum atomic E-state index is 0.690. The summed E-state index contributed by atoms with van der Waals surface area (Å²) in [6.45, 7) is 8.01. The maximum Gasteiger partial charge on any atom is -0.0290 e. The monoisotopic (exact) mass is 124 g/mol. The average molecular weight is 124 g/mol. The molecule has 0 spiro atoms. The molecule has 0 heterocycles. The molecular formula is C9H16. The van der Waals surface area contributed by atoms with E-state index in [2.05, 4.69) is 32.6 Å². The van der Waals surface area contributed by atoms with Crippen LogP contribution in [0.4, 0.5) is 0 Å². The summed E-state index contributed by atoms with van der Waals surface area (Å²) in [5, 5.41) is 0. The van der Waals surface area contributed by atoms with E-state index in [1.165, 1.54) is 0 Å². The van der Waals surface area contributed by atoms with E-state index in [9.17, 15) is 0 Å². The highest BCUT2D eigenvalue weighted by molar-refractivity contribution is 4.86.